The Balaban J connectivity index is 2.10. The summed E-state index contributed by atoms with van der Waals surface area (Å²) in [7, 11) is 1.58. The van der Waals surface area contributed by atoms with E-state index < -0.39 is 29.7 Å². The van der Waals surface area contributed by atoms with Crippen molar-refractivity contribution in [1.29, 1.82) is 0 Å². The summed E-state index contributed by atoms with van der Waals surface area (Å²) in [5.74, 6) is -0.480. The Bertz CT molecular complexity index is 1060. The molecule has 0 bridgehead atoms. The minimum Gasteiger partial charge on any atom is -0.497 e. The molecule has 33 heavy (non-hydrogen) atoms. The maximum atomic E-state index is 12.9. The first-order valence-electron chi connectivity index (χ1n) is 11.0. The first kappa shape index (κ1) is 25.7. The number of hydrogen-bond donors (Lipinski definition) is 2. The smallest absolute Gasteiger partial charge is 0.330 e. The van der Waals surface area contributed by atoms with Gasteiger partial charge >= 0.3 is 11.7 Å². The highest BCUT2D eigenvalue weighted by Crippen LogP contribution is 2.18. The molecule has 0 spiro atoms. The molecule has 0 fully saturated rings. The number of esters is 1. The molecule has 0 radical (unpaired) electrons. The molecule has 2 rings (SSSR count). The maximum absolute atomic E-state index is 12.9. The summed E-state index contributed by atoms with van der Waals surface area (Å²) < 4.78 is 11.5. The number of carbonyl (C=O) groups excluding carboxylic acids is 2. The number of hydrogen-bond acceptors (Lipinski definition) is 7. The molecule has 10 heteroatoms. The number of aryl methyl sites for hydroxylation is 1. The molecule has 0 aliphatic rings. The third-order valence-electron chi connectivity index (χ3n) is 5.10. The lowest BCUT2D eigenvalue weighted by Crippen LogP contribution is -2.43. The monoisotopic (exact) mass is 460 g/mol. The summed E-state index contributed by atoms with van der Waals surface area (Å²) in [6.45, 7) is 3.77. The van der Waals surface area contributed by atoms with E-state index in [2.05, 4.69) is 4.98 Å². The number of aromatic amines is 1. The topological polar surface area (TPSA) is 137 Å². The van der Waals surface area contributed by atoms with E-state index in [9.17, 15) is 19.2 Å². The largest absolute Gasteiger partial charge is 0.497 e. The number of carbonyl (C=O) groups is 2. The van der Waals surface area contributed by atoms with Gasteiger partial charge in [0.25, 0.3) is 11.5 Å². The van der Waals surface area contributed by atoms with Crippen molar-refractivity contribution in [3.05, 3.63) is 50.7 Å². The number of rotatable bonds is 12. The Morgan fingerprint density at radius 3 is 2.42 bits per heavy atom. The molecular formula is C23H32N4O6. The number of nitrogens with one attached hydrogen (secondary N) is 1. The van der Waals surface area contributed by atoms with Gasteiger partial charge in [-0.3, -0.25) is 23.9 Å². The molecule has 10 nitrogen and oxygen atoms in total. The van der Waals surface area contributed by atoms with Gasteiger partial charge in [0.2, 0.25) is 0 Å². The minimum absolute atomic E-state index is 0.0825. The maximum Gasteiger partial charge on any atom is 0.330 e. The fourth-order valence-electron chi connectivity index (χ4n) is 3.29. The second-order valence-electron chi connectivity index (χ2n) is 7.55. The van der Waals surface area contributed by atoms with Gasteiger partial charge in [-0.15, -0.1) is 0 Å². The number of aromatic nitrogens is 2. The van der Waals surface area contributed by atoms with Gasteiger partial charge in [0, 0.05) is 19.5 Å². The first-order valence-corrected chi connectivity index (χ1v) is 11.0. The van der Waals surface area contributed by atoms with E-state index >= 15 is 0 Å². The van der Waals surface area contributed by atoms with Gasteiger partial charge in [0.05, 0.1) is 7.11 Å². The SMILES string of the molecule is CCCCN(C(=O)COC(=O)CCc1ccc(OC)cc1)c1c(N)n(CCC)c(=O)[nH]c1=O. The Hall–Kier alpha value is -3.56. The van der Waals surface area contributed by atoms with Crippen molar-refractivity contribution in [2.24, 2.45) is 0 Å². The highest BCUT2D eigenvalue weighted by Gasteiger charge is 2.24. The molecule has 2 aromatic rings. The molecule has 3 N–H and O–H groups in total. The van der Waals surface area contributed by atoms with Crippen LogP contribution in [0, 0.1) is 0 Å². The van der Waals surface area contributed by atoms with Gasteiger partial charge in [-0.05, 0) is 37.0 Å². The fourth-order valence-corrected chi connectivity index (χ4v) is 3.29. The van der Waals surface area contributed by atoms with Crippen LogP contribution in [0.2, 0.25) is 0 Å². The van der Waals surface area contributed by atoms with Crippen molar-refractivity contribution in [1.82, 2.24) is 9.55 Å². The summed E-state index contributed by atoms with van der Waals surface area (Å²) in [5, 5.41) is 0. The van der Waals surface area contributed by atoms with E-state index in [1.165, 1.54) is 9.47 Å². The first-order chi connectivity index (χ1) is 15.8. The fraction of sp³-hybridized carbons (Fsp3) is 0.478. The molecule has 0 saturated carbocycles. The molecule has 0 aliphatic heterocycles. The quantitative estimate of drug-likeness (QED) is 0.461. The van der Waals surface area contributed by atoms with Crippen molar-refractivity contribution in [3.63, 3.8) is 0 Å². The number of unbranched alkanes of at least 4 members (excludes halogenated alkanes) is 1. The van der Waals surface area contributed by atoms with Crippen molar-refractivity contribution in [2.75, 3.05) is 30.9 Å². The van der Waals surface area contributed by atoms with Crippen LogP contribution in [0.15, 0.2) is 33.9 Å². The van der Waals surface area contributed by atoms with Gasteiger partial charge in [0.1, 0.15) is 11.6 Å². The second kappa shape index (κ2) is 12.5. The zero-order valence-electron chi connectivity index (χ0n) is 19.4. The predicted molar refractivity (Wildman–Crippen MR) is 126 cm³/mol. The number of H-pyrrole nitrogens is 1. The van der Waals surface area contributed by atoms with Crippen molar-refractivity contribution in [3.8, 4) is 5.75 Å². The van der Waals surface area contributed by atoms with E-state index in [4.69, 9.17) is 15.2 Å². The minimum atomic E-state index is -0.750. The Morgan fingerprint density at radius 2 is 1.82 bits per heavy atom. The summed E-state index contributed by atoms with van der Waals surface area (Å²) >= 11 is 0. The van der Waals surface area contributed by atoms with Crippen LogP contribution in [0.5, 0.6) is 5.75 Å². The van der Waals surface area contributed by atoms with Crippen LogP contribution in [0.25, 0.3) is 0 Å². The molecule has 1 amide bonds. The molecule has 1 aromatic heterocycles. The summed E-state index contributed by atoms with van der Waals surface area (Å²) in [4.78, 5) is 53.1. The van der Waals surface area contributed by atoms with Crippen LogP contribution in [-0.2, 0) is 27.3 Å². The highest BCUT2D eigenvalue weighted by atomic mass is 16.5. The summed E-state index contributed by atoms with van der Waals surface area (Å²) in [5.41, 5.74) is 5.55. The lowest BCUT2D eigenvalue weighted by atomic mass is 10.1. The van der Waals surface area contributed by atoms with Crippen LogP contribution >= 0.6 is 0 Å². The summed E-state index contributed by atoms with van der Waals surface area (Å²) in [6, 6.07) is 7.31. The van der Waals surface area contributed by atoms with E-state index in [0.29, 0.717) is 25.8 Å². The van der Waals surface area contributed by atoms with Gasteiger partial charge in [-0.2, -0.15) is 0 Å². The number of ether oxygens (including phenoxy) is 2. The zero-order valence-corrected chi connectivity index (χ0v) is 19.4. The lowest BCUT2D eigenvalue weighted by molar-refractivity contribution is -0.147. The number of amides is 1. The number of nitrogens with two attached hydrogens (primary N) is 1. The van der Waals surface area contributed by atoms with Crippen LogP contribution in [0.3, 0.4) is 0 Å². The van der Waals surface area contributed by atoms with Crippen molar-refractivity contribution in [2.45, 2.75) is 52.5 Å². The number of nitrogens with zero attached hydrogens (tertiary/aromatic N) is 2. The van der Waals surface area contributed by atoms with E-state index in [1.807, 2.05) is 26.0 Å². The Labute approximate surface area is 192 Å². The molecule has 180 valence electrons. The Kier molecular flexibility index (Phi) is 9.71. The van der Waals surface area contributed by atoms with Gasteiger partial charge in [-0.1, -0.05) is 32.4 Å². The molecule has 0 saturated heterocycles. The van der Waals surface area contributed by atoms with E-state index in [1.54, 1.807) is 19.2 Å². The van der Waals surface area contributed by atoms with Crippen LogP contribution in [0.4, 0.5) is 11.5 Å². The van der Waals surface area contributed by atoms with E-state index in [-0.39, 0.29) is 24.5 Å². The van der Waals surface area contributed by atoms with Gasteiger partial charge in [-0.25, -0.2) is 4.79 Å². The van der Waals surface area contributed by atoms with Crippen molar-refractivity contribution >= 4 is 23.4 Å². The molecule has 1 aromatic carbocycles. The van der Waals surface area contributed by atoms with E-state index in [0.717, 1.165) is 17.7 Å². The molecule has 1 heterocycles. The third-order valence-corrected chi connectivity index (χ3v) is 5.10. The second-order valence-corrected chi connectivity index (χ2v) is 7.55. The van der Waals surface area contributed by atoms with Gasteiger partial charge in [0.15, 0.2) is 12.3 Å². The normalized spacial score (nSPS) is 10.6. The third kappa shape index (κ3) is 6.96. The lowest BCUT2D eigenvalue weighted by Gasteiger charge is -2.24. The number of anilines is 2. The number of nitrogen functional groups attached to an aromatic ring is 1. The van der Waals surface area contributed by atoms with Crippen LogP contribution < -0.4 is 26.6 Å². The van der Waals surface area contributed by atoms with Crippen LogP contribution in [0.1, 0.15) is 45.1 Å². The summed E-state index contributed by atoms with van der Waals surface area (Å²) in [6.07, 6.45) is 2.52. The standard InChI is InChI=1S/C23H32N4O6/c1-4-6-14-26(20-21(24)27(13-5-2)23(31)25-22(20)30)18(28)15-33-19(29)12-9-16-7-10-17(32-3)11-8-16/h7-8,10-11H,4-6,9,12-15,24H2,1-3H3,(H,25,30,31). The average molecular weight is 461 g/mol. The molecule has 0 unspecified atom stereocenters. The predicted octanol–water partition coefficient (Wildman–Crippen LogP) is 1.85. The molecular weight excluding hydrogens is 428 g/mol. The average Bonchev–Trinajstić information content (AvgIpc) is 2.81. The number of benzene rings is 1. The molecule has 0 aliphatic carbocycles. The Morgan fingerprint density at radius 1 is 1.12 bits per heavy atom. The van der Waals surface area contributed by atoms with Crippen molar-refractivity contribution < 1.29 is 19.1 Å². The zero-order chi connectivity index (χ0) is 24.4. The highest BCUT2D eigenvalue weighted by molar-refractivity contribution is 5.97. The molecule has 0 atom stereocenters. The van der Waals surface area contributed by atoms with Gasteiger partial charge < -0.3 is 20.1 Å². The van der Waals surface area contributed by atoms with Crippen LogP contribution in [-0.4, -0.2) is 41.7 Å². The number of methoxy groups -OCH3 is 1.